The van der Waals surface area contributed by atoms with E-state index in [9.17, 15) is 0 Å². The van der Waals surface area contributed by atoms with Crippen LogP contribution in [0.1, 0.15) is 20.3 Å². The van der Waals surface area contributed by atoms with Crippen molar-refractivity contribution in [3.05, 3.63) is 30.3 Å². The molecule has 0 aromatic heterocycles. The van der Waals surface area contributed by atoms with E-state index in [0.29, 0.717) is 6.04 Å². The molecule has 66 valence electrons. The zero-order valence-corrected chi connectivity index (χ0v) is 7.70. The van der Waals surface area contributed by atoms with Crippen molar-refractivity contribution in [2.45, 2.75) is 26.3 Å². The van der Waals surface area contributed by atoms with Crippen molar-refractivity contribution >= 4 is 5.69 Å². The summed E-state index contributed by atoms with van der Waals surface area (Å²) in [7, 11) is 0. The SMILES string of the molecule is CCC(C)N(N)c1ccccc1. The van der Waals surface area contributed by atoms with Crippen LogP contribution in [0.5, 0.6) is 0 Å². The lowest BCUT2D eigenvalue weighted by Gasteiger charge is -2.24. The predicted octanol–water partition coefficient (Wildman–Crippen LogP) is 2.17. The molecular weight excluding hydrogens is 148 g/mol. The molecule has 1 aromatic carbocycles. The largest absolute Gasteiger partial charge is 0.308 e. The summed E-state index contributed by atoms with van der Waals surface area (Å²) < 4.78 is 0. The normalized spacial score (nSPS) is 12.6. The number of rotatable bonds is 3. The highest BCUT2D eigenvalue weighted by molar-refractivity contribution is 5.44. The Bertz CT molecular complexity index is 221. The van der Waals surface area contributed by atoms with Crippen molar-refractivity contribution in [2.75, 3.05) is 5.01 Å². The van der Waals surface area contributed by atoms with E-state index < -0.39 is 0 Å². The van der Waals surface area contributed by atoms with Crippen LogP contribution >= 0.6 is 0 Å². The molecule has 0 aliphatic carbocycles. The molecule has 1 atom stereocenters. The zero-order chi connectivity index (χ0) is 8.97. The van der Waals surface area contributed by atoms with Gasteiger partial charge < -0.3 is 5.01 Å². The first kappa shape index (κ1) is 9.07. The van der Waals surface area contributed by atoms with Crippen LogP contribution in [0, 0.1) is 0 Å². The van der Waals surface area contributed by atoms with Crippen molar-refractivity contribution in [3.63, 3.8) is 0 Å². The number of hydrogen-bond acceptors (Lipinski definition) is 2. The van der Waals surface area contributed by atoms with Gasteiger partial charge >= 0.3 is 0 Å². The van der Waals surface area contributed by atoms with E-state index in [1.54, 1.807) is 5.01 Å². The van der Waals surface area contributed by atoms with Gasteiger partial charge in [-0.05, 0) is 25.5 Å². The molecule has 0 amide bonds. The molecule has 1 rings (SSSR count). The fraction of sp³-hybridized carbons (Fsp3) is 0.400. The molecule has 0 radical (unpaired) electrons. The van der Waals surface area contributed by atoms with E-state index in [-0.39, 0.29) is 0 Å². The Morgan fingerprint density at radius 3 is 2.42 bits per heavy atom. The van der Waals surface area contributed by atoms with Gasteiger partial charge in [-0.1, -0.05) is 25.1 Å². The van der Waals surface area contributed by atoms with Gasteiger partial charge in [0.1, 0.15) is 0 Å². The van der Waals surface area contributed by atoms with Gasteiger partial charge in [0.05, 0.1) is 5.69 Å². The van der Waals surface area contributed by atoms with E-state index >= 15 is 0 Å². The number of hydrogen-bond donors (Lipinski definition) is 1. The second kappa shape index (κ2) is 4.12. The summed E-state index contributed by atoms with van der Waals surface area (Å²) in [5, 5.41) is 1.81. The quantitative estimate of drug-likeness (QED) is 0.548. The van der Waals surface area contributed by atoms with Crippen molar-refractivity contribution in [1.29, 1.82) is 0 Å². The van der Waals surface area contributed by atoms with Crippen LogP contribution in [-0.2, 0) is 0 Å². The molecule has 12 heavy (non-hydrogen) atoms. The third kappa shape index (κ3) is 1.98. The van der Waals surface area contributed by atoms with E-state index in [0.717, 1.165) is 12.1 Å². The molecule has 1 aromatic rings. The second-order valence-corrected chi connectivity index (χ2v) is 3.00. The molecule has 0 aliphatic rings. The van der Waals surface area contributed by atoms with Crippen LogP contribution in [0.15, 0.2) is 30.3 Å². The van der Waals surface area contributed by atoms with Crippen molar-refractivity contribution in [3.8, 4) is 0 Å². The third-order valence-electron chi connectivity index (χ3n) is 2.12. The highest BCUT2D eigenvalue weighted by Crippen LogP contribution is 2.13. The summed E-state index contributed by atoms with van der Waals surface area (Å²) in [6, 6.07) is 10.4. The molecule has 1 unspecified atom stereocenters. The fourth-order valence-corrected chi connectivity index (χ4v) is 1.05. The van der Waals surface area contributed by atoms with E-state index in [4.69, 9.17) is 5.84 Å². The van der Waals surface area contributed by atoms with Crippen LogP contribution in [0.3, 0.4) is 0 Å². The summed E-state index contributed by atoms with van der Waals surface area (Å²) in [6.45, 7) is 4.25. The minimum absolute atomic E-state index is 0.396. The van der Waals surface area contributed by atoms with Crippen molar-refractivity contribution < 1.29 is 0 Å². The predicted molar refractivity (Wildman–Crippen MR) is 52.9 cm³/mol. The first-order valence-electron chi connectivity index (χ1n) is 4.34. The van der Waals surface area contributed by atoms with Gasteiger partial charge in [-0.2, -0.15) is 0 Å². The molecule has 2 nitrogen and oxygen atoms in total. The molecule has 0 spiro atoms. The number of nitrogens with zero attached hydrogens (tertiary/aromatic N) is 1. The number of benzene rings is 1. The van der Waals surface area contributed by atoms with Gasteiger partial charge in [0, 0.05) is 6.04 Å². The smallest absolute Gasteiger partial charge is 0.0520 e. The Morgan fingerprint density at radius 2 is 1.92 bits per heavy atom. The maximum atomic E-state index is 5.88. The third-order valence-corrected chi connectivity index (χ3v) is 2.12. The average molecular weight is 164 g/mol. The minimum atomic E-state index is 0.396. The summed E-state index contributed by atoms with van der Waals surface area (Å²) >= 11 is 0. The molecular formula is C10H16N2. The Hall–Kier alpha value is -1.02. The molecule has 0 aliphatic heterocycles. The van der Waals surface area contributed by atoms with Gasteiger partial charge in [-0.15, -0.1) is 0 Å². The molecule has 2 N–H and O–H groups in total. The summed E-state index contributed by atoms with van der Waals surface area (Å²) in [5.41, 5.74) is 1.08. The number of nitrogens with two attached hydrogens (primary N) is 1. The minimum Gasteiger partial charge on any atom is -0.308 e. The average Bonchev–Trinajstić information content (AvgIpc) is 2.17. The summed E-state index contributed by atoms with van der Waals surface area (Å²) in [5.74, 6) is 5.88. The summed E-state index contributed by atoms with van der Waals surface area (Å²) in [6.07, 6.45) is 1.06. The Morgan fingerprint density at radius 1 is 1.33 bits per heavy atom. The van der Waals surface area contributed by atoms with Gasteiger partial charge in [0.25, 0.3) is 0 Å². The number of anilines is 1. The van der Waals surface area contributed by atoms with Gasteiger partial charge in [-0.3, -0.25) is 0 Å². The molecule has 0 saturated heterocycles. The standard InChI is InChI=1S/C10H16N2/c1-3-9(2)12(11)10-7-5-4-6-8-10/h4-9H,3,11H2,1-2H3. The number of para-hydroxylation sites is 1. The lowest BCUT2D eigenvalue weighted by molar-refractivity contribution is 0.633. The molecule has 0 fully saturated rings. The first-order chi connectivity index (χ1) is 5.75. The van der Waals surface area contributed by atoms with E-state index in [1.807, 2.05) is 30.3 Å². The van der Waals surface area contributed by atoms with Crippen LogP contribution < -0.4 is 10.9 Å². The maximum absolute atomic E-state index is 5.88. The van der Waals surface area contributed by atoms with Crippen LogP contribution in [0.4, 0.5) is 5.69 Å². The molecule has 0 heterocycles. The summed E-state index contributed by atoms with van der Waals surface area (Å²) in [4.78, 5) is 0. The lowest BCUT2D eigenvalue weighted by atomic mass is 10.2. The lowest BCUT2D eigenvalue weighted by Crippen LogP contribution is -2.38. The monoisotopic (exact) mass is 164 g/mol. The molecule has 2 heteroatoms. The highest BCUT2D eigenvalue weighted by Gasteiger charge is 2.06. The van der Waals surface area contributed by atoms with Gasteiger partial charge in [0.2, 0.25) is 0 Å². The van der Waals surface area contributed by atoms with E-state index in [2.05, 4.69) is 13.8 Å². The zero-order valence-electron chi connectivity index (χ0n) is 7.70. The first-order valence-corrected chi connectivity index (χ1v) is 4.34. The highest BCUT2D eigenvalue weighted by atomic mass is 15.4. The van der Waals surface area contributed by atoms with Crippen LogP contribution in [0.2, 0.25) is 0 Å². The Balaban J connectivity index is 2.71. The van der Waals surface area contributed by atoms with E-state index in [1.165, 1.54) is 0 Å². The van der Waals surface area contributed by atoms with Gasteiger partial charge in [0.15, 0.2) is 0 Å². The maximum Gasteiger partial charge on any atom is 0.0520 e. The molecule has 0 saturated carbocycles. The number of hydrazine groups is 1. The van der Waals surface area contributed by atoms with Crippen LogP contribution in [0.25, 0.3) is 0 Å². The van der Waals surface area contributed by atoms with Crippen LogP contribution in [-0.4, -0.2) is 6.04 Å². The Labute approximate surface area is 74.0 Å². The second-order valence-electron chi connectivity index (χ2n) is 3.00. The fourth-order valence-electron chi connectivity index (χ4n) is 1.05. The van der Waals surface area contributed by atoms with Gasteiger partial charge in [-0.25, -0.2) is 5.84 Å². The topological polar surface area (TPSA) is 29.3 Å². The van der Waals surface area contributed by atoms with Crippen molar-refractivity contribution in [1.82, 2.24) is 0 Å². The Kier molecular flexibility index (Phi) is 3.11. The van der Waals surface area contributed by atoms with Crippen molar-refractivity contribution in [2.24, 2.45) is 5.84 Å². The molecule has 0 bridgehead atoms.